The molecule has 2 aromatic rings. The zero-order valence-corrected chi connectivity index (χ0v) is 23.6. The number of carbonyl (C=O) groups is 2. The zero-order valence-electron chi connectivity index (χ0n) is 21.2. The quantitative estimate of drug-likeness (QED) is 0.424. The van der Waals surface area contributed by atoms with Gasteiger partial charge in [0.15, 0.2) is 0 Å². The van der Waals surface area contributed by atoms with Crippen molar-refractivity contribution in [1.82, 2.24) is 14.5 Å². The molecule has 2 aromatic carbocycles. The molecule has 11 heteroatoms. The van der Waals surface area contributed by atoms with Gasteiger partial charge in [0, 0.05) is 42.8 Å². The molecule has 1 atom stereocenters. The number of anilines is 1. The average Bonchev–Trinajstić information content (AvgIpc) is 2.82. The van der Waals surface area contributed by atoms with Crippen LogP contribution < -0.4 is 9.62 Å². The van der Waals surface area contributed by atoms with Gasteiger partial charge in [0.05, 0.1) is 5.69 Å². The van der Waals surface area contributed by atoms with Crippen LogP contribution in [0.2, 0.25) is 10.0 Å². The summed E-state index contributed by atoms with van der Waals surface area (Å²) in [4.78, 5) is 28.3. The van der Waals surface area contributed by atoms with Crippen molar-refractivity contribution in [3.05, 3.63) is 64.1 Å². The number of halogens is 2. The Labute approximate surface area is 224 Å². The molecule has 0 spiro atoms. The van der Waals surface area contributed by atoms with Crippen molar-refractivity contribution in [1.29, 1.82) is 0 Å². The lowest BCUT2D eigenvalue weighted by Gasteiger charge is -2.34. The van der Waals surface area contributed by atoms with Crippen molar-refractivity contribution < 1.29 is 18.0 Å². The minimum Gasteiger partial charge on any atom is -0.354 e. The first-order valence-corrected chi connectivity index (χ1v) is 13.8. The number of para-hydroxylation sites is 1. The summed E-state index contributed by atoms with van der Waals surface area (Å²) in [5.41, 5.74) is 0.804. The molecule has 0 unspecified atom stereocenters. The van der Waals surface area contributed by atoms with E-state index in [0.29, 0.717) is 34.3 Å². The molecule has 0 fully saturated rings. The van der Waals surface area contributed by atoms with E-state index in [1.165, 1.54) is 19.0 Å². The van der Waals surface area contributed by atoms with Crippen LogP contribution in [0.25, 0.3) is 0 Å². The van der Waals surface area contributed by atoms with E-state index in [-0.39, 0.29) is 18.4 Å². The monoisotopic (exact) mass is 556 g/mol. The Morgan fingerprint density at radius 1 is 0.972 bits per heavy atom. The first-order valence-electron chi connectivity index (χ1n) is 11.6. The van der Waals surface area contributed by atoms with Crippen LogP contribution in [0.1, 0.15) is 32.8 Å². The highest BCUT2D eigenvalue weighted by Gasteiger charge is 2.34. The van der Waals surface area contributed by atoms with Crippen LogP contribution >= 0.6 is 23.2 Å². The molecule has 8 nitrogen and oxygen atoms in total. The third kappa shape index (κ3) is 7.59. The van der Waals surface area contributed by atoms with Crippen LogP contribution in [0.4, 0.5) is 5.69 Å². The standard InChI is InChI=1S/C25H34Cl2N4O4S/c1-6-23(25(33)28-15-18(2)3)30(16-20-21(26)13-10-14-22(20)27)24(32)17-31(36(34,35)29(4)5)19-11-8-7-9-12-19/h7-14,18,23H,6,15-17H2,1-5H3,(H,28,33)/t23-/m0/s1. The van der Waals surface area contributed by atoms with Gasteiger partial charge in [0.1, 0.15) is 12.6 Å². The summed E-state index contributed by atoms with van der Waals surface area (Å²) in [6, 6.07) is 12.5. The van der Waals surface area contributed by atoms with E-state index < -0.39 is 28.7 Å². The second-order valence-corrected chi connectivity index (χ2v) is 11.8. The summed E-state index contributed by atoms with van der Waals surface area (Å²) in [7, 11) is -1.23. The largest absolute Gasteiger partial charge is 0.354 e. The van der Waals surface area contributed by atoms with Gasteiger partial charge in [0.25, 0.3) is 0 Å². The van der Waals surface area contributed by atoms with E-state index in [0.717, 1.165) is 8.61 Å². The summed E-state index contributed by atoms with van der Waals surface area (Å²) in [6.07, 6.45) is 0.309. The summed E-state index contributed by atoms with van der Waals surface area (Å²) in [6.45, 7) is 5.60. The summed E-state index contributed by atoms with van der Waals surface area (Å²) in [5, 5.41) is 3.57. The van der Waals surface area contributed by atoms with Crippen molar-refractivity contribution in [2.45, 2.75) is 39.8 Å². The summed E-state index contributed by atoms with van der Waals surface area (Å²) in [5.74, 6) is -0.677. The molecule has 36 heavy (non-hydrogen) atoms. The molecular formula is C25H34Cl2N4O4S. The zero-order chi connectivity index (χ0) is 27.0. The molecule has 0 aliphatic carbocycles. The fraction of sp³-hybridized carbons (Fsp3) is 0.440. The highest BCUT2D eigenvalue weighted by atomic mass is 35.5. The number of carbonyl (C=O) groups excluding carboxylic acids is 2. The Hall–Kier alpha value is -2.33. The first-order chi connectivity index (χ1) is 16.9. The van der Waals surface area contributed by atoms with Crippen LogP contribution in [0.5, 0.6) is 0 Å². The first kappa shape index (κ1) is 29.9. The van der Waals surface area contributed by atoms with Gasteiger partial charge in [-0.25, -0.2) is 4.31 Å². The molecular weight excluding hydrogens is 523 g/mol. The summed E-state index contributed by atoms with van der Waals surface area (Å²) < 4.78 is 28.4. The fourth-order valence-corrected chi connectivity index (χ4v) is 5.08. The molecule has 0 bridgehead atoms. The third-order valence-corrected chi connectivity index (χ3v) is 8.05. The predicted molar refractivity (Wildman–Crippen MR) is 145 cm³/mol. The molecule has 0 aliphatic rings. The second kappa shape index (κ2) is 13.3. The molecule has 0 saturated carbocycles. The van der Waals surface area contributed by atoms with Crippen molar-refractivity contribution in [3.63, 3.8) is 0 Å². The molecule has 0 radical (unpaired) electrons. The minimum absolute atomic E-state index is 0.0599. The number of benzene rings is 2. The average molecular weight is 558 g/mol. The summed E-state index contributed by atoms with van der Waals surface area (Å²) >= 11 is 12.8. The molecule has 198 valence electrons. The van der Waals surface area contributed by atoms with Crippen molar-refractivity contribution in [2.75, 3.05) is 31.5 Å². The van der Waals surface area contributed by atoms with Gasteiger partial charge in [-0.1, -0.05) is 68.2 Å². The topological polar surface area (TPSA) is 90.0 Å². The van der Waals surface area contributed by atoms with E-state index >= 15 is 0 Å². The maximum Gasteiger partial charge on any atom is 0.304 e. The van der Waals surface area contributed by atoms with Crippen molar-refractivity contribution in [3.8, 4) is 0 Å². The fourth-order valence-electron chi connectivity index (χ4n) is 3.51. The molecule has 0 saturated heterocycles. The maximum atomic E-state index is 13.8. The number of nitrogens with zero attached hydrogens (tertiary/aromatic N) is 3. The van der Waals surface area contributed by atoms with Gasteiger partial charge >= 0.3 is 10.2 Å². The number of hydrogen-bond donors (Lipinski definition) is 1. The Morgan fingerprint density at radius 2 is 1.56 bits per heavy atom. The smallest absolute Gasteiger partial charge is 0.304 e. The van der Waals surface area contributed by atoms with Gasteiger partial charge in [-0.15, -0.1) is 0 Å². The highest BCUT2D eigenvalue weighted by Crippen LogP contribution is 2.28. The highest BCUT2D eigenvalue weighted by molar-refractivity contribution is 7.90. The lowest BCUT2D eigenvalue weighted by Crippen LogP contribution is -2.53. The van der Waals surface area contributed by atoms with Gasteiger partial charge in [0.2, 0.25) is 11.8 Å². The third-order valence-electron chi connectivity index (χ3n) is 5.52. The van der Waals surface area contributed by atoms with E-state index in [2.05, 4.69) is 5.32 Å². The van der Waals surface area contributed by atoms with Gasteiger partial charge in [-0.3, -0.25) is 9.59 Å². The van der Waals surface area contributed by atoms with Crippen molar-refractivity contribution in [2.24, 2.45) is 5.92 Å². The molecule has 2 amide bonds. The SMILES string of the molecule is CC[C@@H](C(=O)NCC(C)C)N(Cc1c(Cl)cccc1Cl)C(=O)CN(c1ccccc1)S(=O)(=O)N(C)C. The Balaban J connectivity index is 2.52. The van der Waals surface area contributed by atoms with Crippen LogP contribution in [-0.2, 0) is 26.3 Å². The maximum absolute atomic E-state index is 13.8. The Bertz CT molecular complexity index is 1120. The van der Waals surface area contributed by atoms with Gasteiger partial charge in [-0.2, -0.15) is 12.7 Å². The van der Waals surface area contributed by atoms with Crippen LogP contribution in [0.15, 0.2) is 48.5 Å². The van der Waals surface area contributed by atoms with E-state index in [9.17, 15) is 18.0 Å². The van der Waals surface area contributed by atoms with Crippen LogP contribution in [0.3, 0.4) is 0 Å². The molecule has 0 heterocycles. The minimum atomic E-state index is -4.02. The van der Waals surface area contributed by atoms with Crippen LogP contribution in [-0.4, -0.2) is 62.7 Å². The second-order valence-electron chi connectivity index (χ2n) is 8.92. The van der Waals surface area contributed by atoms with E-state index in [1.807, 2.05) is 13.8 Å². The molecule has 0 aliphatic heterocycles. The lowest BCUT2D eigenvalue weighted by molar-refractivity contribution is -0.140. The number of amides is 2. The number of rotatable bonds is 12. The van der Waals surface area contributed by atoms with E-state index in [1.54, 1.807) is 55.5 Å². The normalized spacial score (nSPS) is 12.5. The van der Waals surface area contributed by atoms with E-state index in [4.69, 9.17) is 23.2 Å². The predicted octanol–water partition coefficient (Wildman–Crippen LogP) is 4.19. The number of hydrogen-bond acceptors (Lipinski definition) is 4. The Morgan fingerprint density at radius 3 is 2.06 bits per heavy atom. The molecule has 0 aromatic heterocycles. The van der Waals surface area contributed by atoms with Crippen LogP contribution in [0, 0.1) is 5.92 Å². The van der Waals surface area contributed by atoms with Crippen molar-refractivity contribution >= 4 is 50.9 Å². The van der Waals surface area contributed by atoms with Gasteiger partial charge < -0.3 is 10.2 Å². The lowest BCUT2D eigenvalue weighted by atomic mass is 10.1. The molecule has 2 rings (SSSR count). The Kier molecular flexibility index (Phi) is 11.0. The van der Waals surface area contributed by atoms with Gasteiger partial charge in [-0.05, 0) is 36.6 Å². The number of nitrogens with one attached hydrogen (secondary N) is 1. The molecule has 1 N–H and O–H groups in total.